The van der Waals surface area contributed by atoms with Crippen molar-refractivity contribution in [1.29, 1.82) is 0 Å². The molecule has 1 aliphatic carbocycles. The van der Waals surface area contributed by atoms with Gasteiger partial charge in [0.2, 0.25) is 5.91 Å². The molecule has 2 aromatic heterocycles. The van der Waals surface area contributed by atoms with Crippen molar-refractivity contribution < 1.29 is 4.79 Å². The fourth-order valence-corrected chi connectivity index (χ4v) is 3.30. The van der Waals surface area contributed by atoms with Crippen molar-refractivity contribution in [3.05, 3.63) is 42.0 Å². The molecule has 2 heterocycles. The smallest absolute Gasteiger partial charge is 0.220 e. The van der Waals surface area contributed by atoms with Crippen LogP contribution in [0.15, 0.2) is 30.7 Å². The van der Waals surface area contributed by atoms with Crippen molar-refractivity contribution >= 4 is 5.91 Å². The second-order valence-corrected chi connectivity index (χ2v) is 7.25. The SMILES string of the molecule is CCCC(=O)NC1CC(C)(C)Cc2nc(-c3cccnc3)ncc21. The van der Waals surface area contributed by atoms with E-state index in [1.165, 1.54) is 0 Å². The third kappa shape index (κ3) is 3.61. The van der Waals surface area contributed by atoms with E-state index in [1.54, 1.807) is 12.4 Å². The Bertz CT molecular complexity index is 727. The van der Waals surface area contributed by atoms with Crippen molar-refractivity contribution in [3.8, 4) is 11.4 Å². The number of nitrogens with one attached hydrogen (secondary N) is 1. The number of hydrogen-bond donors (Lipinski definition) is 1. The third-order valence-corrected chi connectivity index (χ3v) is 4.41. The van der Waals surface area contributed by atoms with Crippen LogP contribution < -0.4 is 5.32 Å². The monoisotopic (exact) mass is 324 g/mol. The van der Waals surface area contributed by atoms with Crippen molar-refractivity contribution in [3.63, 3.8) is 0 Å². The summed E-state index contributed by atoms with van der Waals surface area (Å²) in [5, 5.41) is 3.16. The van der Waals surface area contributed by atoms with Crippen LogP contribution in [0.25, 0.3) is 11.4 Å². The maximum absolute atomic E-state index is 12.1. The van der Waals surface area contributed by atoms with E-state index in [0.717, 1.165) is 36.1 Å². The van der Waals surface area contributed by atoms with Gasteiger partial charge in [-0.15, -0.1) is 0 Å². The molecule has 0 aromatic carbocycles. The van der Waals surface area contributed by atoms with Crippen molar-refractivity contribution in [2.45, 2.75) is 52.5 Å². The molecule has 2 aromatic rings. The molecule has 1 N–H and O–H groups in total. The minimum absolute atomic E-state index is 0.00857. The van der Waals surface area contributed by atoms with E-state index in [4.69, 9.17) is 4.98 Å². The van der Waals surface area contributed by atoms with Gasteiger partial charge < -0.3 is 5.32 Å². The van der Waals surface area contributed by atoms with Gasteiger partial charge in [-0.2, -0.15) is 0 Å². The molecule has 1 unspecified atom stereocenters. The van der Waals surface area contributed by atoms with Gasteiger partial charge >= 0.3 is 0 Å². The summed E-state index contributed by atoms with van der Waals surface area (Å²) < 4.78 is 0. The third-order valence-electron chi connectivity index (χ3n) is 4.41. The molecular weight excluding hydrogens is 300 g/mol. The number of amides is 1. The van der Waals surface area contributed by atoms with Crippen LogP contribution in [0.2, 0.25) is 0 Å². The molecule has 5 nitrogen and oxygen atoms in total. The van der Waals surface area contributed by atoms with Crippen molar-refractivity contribution in [1.82, 2.24) is 20.3 Å². The van der Waals surface area contributed by atoms with Crippen LogP contribution in [-0.2, 0) is 11.2 Å². The zero-order valence-electron chi connectivity index (χ0n) is 14.5. The summed E-state index contributed by atoms with van der Waals surface area (Å²) in [6.07, 6.45) is 8.59. The highest BCUT2D eigenvalue weighted by molar-refractivity contribution is 5.76. The number of hydrogen-bond acceptors (Lipinski definition) is 4. The number of nitrogens with zero attached hydrogens (tertiary/aromatic N) is 3. The Morgan fingerprint density at radius 2 is 2.21 bits per heavy atom. The summed E-state index contributed by atoms with van der Waals surface area (Å²) in [7, 11) is 0. The number of aromatic nitrogens is 3. The van der Waals surface area contributed by atoms with Crippen LogP contribution in [0, 0.1) is 5.41 Å². The van der Waals surface area contributed by atoms with Gasteiger partial charge in [-0.05, 0) is 36.8 Å². The van der Waals surface area contributed by atoms with Gasteiger partial charge in [0, 0.05) is 36.1 Å². The molecule has 0 saturated heterocycles. The molecule has 0 radical (unpaired) electrons. The zero-order valence-corrected chi connectivity index (χ0v) is 14.5. The standard InChI is InChI=1S/C19H24N4O/c1-4-6-17(24)22-15-9-19(2,3)10-16-14(15)12-21-18(23-16)13-7-5-8-20-11-13/h5,7-8,11-12,15H,4,6,9-10H2,1-3H3,(H,22,24). The summed E-state index contributed by atoms with van der Waals surface area (Å²) in [6, 6.07) is 3.84. The van der Waals surface area contributed by atoms with E-state index in [0.29, 0.717) is 12.2 Å². The Labute approximate surface area is 143 Å². The molecule has 0 bridgehead atoms. The first-order chi connectivity index (χ1) is 11.5. The summed E-state index contributed by atoms with van der Waals surface area (Å²) in [4.78, 5) is 25.5. The van der Waals surface area contributed by atoms with E-state index in [1.807, 2.05) is 25.3 Å². The molecule has 1 atom stereocenters. The van der Waals surface area contributed by atoms with E-state index < -0.39 is 0 Å². The first-order valence-corrected chi connectivity index (χ1v) is 8.54. The lowest BCUT2D eigenvalue weighted by Crippen LogP contribution is -2.37. The van der Waals surface area contributed by atoms with E-state index in [2.05, 4.69) is 29.1 Å². The fourth-order valence-electron chi connectivity index (χ4n) is 3.30. The van der Waals surface area contributed by atoms with Gasteiger partial charge in [0.25, 0.3) is 0 Å². The van der Waals surface area contributed by atoms with Crippen LogP contribution in [0.3, 0.4) is 0 Å². The highest BCUT2D eigenvalue weighted by atomic mass is 16.1. The molecule has 3 rings (SSSR count). The minimum atomic E-state index is -0.00857. The van der Waals surface area contributed by atoms with Gasteiger partial charge in [0.15, 0.2) is 5.82 Å². The van der Waals surface area contributed by atoms with Gasteiger partial charge in [-0.1, -0.05) is 20.8 Å². The summed E-state index contributed by atoms with van der Waals surface area (Å²) in [5.74, 6) is 0.792. The number of pyridine rings is 1. The fraction of sp³-hybridized carbons (Fsp3) is 0.474. The topological polar surface area (TPSA) is 67.8 Å². The predicted molar refractivity (Wildman–Crippen MR) is 93.2 cm³/mol. The molecule has 0 fully saturated rings. The van der Waals surface area contributed by atoms with Crippen molar-refractivity contribution in [2.24, 2.45) is 5.41 Å². The van der Waals surface area contributed by atoms with Crippen LogP contribution in [0.4, 0.5) is 0 Å². The lowest BCUT2D eigenvalue weighted by Gasteiger charge is -2.36. The van der Waals surface area contributed by atoms with Crippen LogP contribution in [0.1, 0.15) is 57.3 Å². The normalized spacial score (nSPS) is 18.7. The maximum Gasteiger partial charge on any atom is 0.220 e. The molecule has 1 amide bonds. The van der Waals surface area contributed by atoms with Gasteiger partial charge in [-0.25, -0.2) is 9.97 Å². The van der Waals surface area contributed by atoms with E-state index >= 15 is 0 Å². The Balaban J connectivity index is 1.94. The zero-order chi connectivity index (χ0) is 17.2. The Hall–Kier alpha value is -2.30. The number of carbonyl (C=O) groups is 1. The highest BCUT2D eigenvalue weighted by Crippen LogP contribution is 2.40. The number of fused-ring (bicyclic) bond motifs is 1. The quantitative estimate of drug-likeness (QED) is 0.935. The summed E-state index contributed by atoms with van der Waals surface area (Å²) in [6.45, 7) is 6.46. The molecular formula is C19H24N4O. The van der Waals surface area contributed by atoms with Crippen molar-refractivity contribution in [2.75, 3.05) is 0 Å². The average Bonchev–Trinajstić information content (AvgIpc) is 2.54. The first kappa shape index (κ1) is 16.6. The Kier molecular flexibility index (Phi) is 4.60. The largest absolute Gasteiger partial charge is 0.349 e. The first-order valence-electron chi connectivity index (χ1n) is 8.54. The van der Waals surface area contributed by atoms with Gasteiger partial charge in [0.05, 0.1) is 11.7 Å². The number of carbonyl (C=O) groups excluding carboxylic acids is 1. The van der Waals surface area contributed by atoms with E-state index in [-0.39, 0.29) is 17.4 Å². The van der Waals surface area contributed by atoms with Gasteiger partial charge in [0.1, 0.15) is 0 Å². The van der Waals surface area contributed by atoms with Crippen LogP contribution >= 0.6 is 0 Å². The summed E-state index contributed by atoms with van der Waals surface area (Å²) in [5.41, 5.74) is 3.08. The molecule has 0 saturated carbocycles. The highest BCUT2D eigenvalue weighted by Gasteiger charge is 2.34. The van der Waals surface area contributed by atoms with Crippen LogP contribution in [-0.4, -0.2) is 20.9 Å². The van der Waals surface area contributed by atoms with E-state index in [9.17, 15) is 4.79 Å². The average molecular weight is 324 g/mol. The Morgan fingerprint density at radius 3 is 2.92 bits per heavy atom. The molecule has 0 spiro atoms. The van der Waals surface area contributed by atoms with Crippen LogP contribution in [0.5, 0.6) is 0 Å². The predicted octanol–water partition coefficient (Wildman–Crippen LogP) is 3.47. The maximum atomic E-state index is 12.1. The number of rotatable bonds is 4. The Morgan fingerprint density at radius 1 is 1.38 bits per heavy atom. The minimum Gasteiger partial charge on any atom is -0.349 e. The molecule has 1 aliphatic rings. The molecule has 126 valence electrons. The van der Waals surface area contributed by atoms with Gasteiger partial charge in [-0.3, -0.25) is 9.78 Å². The summed E-state index contributed by atoms with van der Waals surface area (Å²) >= 11 is 0. The lowest BCUT2D eigenvalue weighted by molar-refractivity contribution is -0.122. The second-order valence-electron chi connectivity index (χ2n) is 7.25. The lowest BCUT2D eigenvalue weighted by atomic mass is 9.74. The molecule has 5 heteroatoms. The molecule has 24 heavy (non-hydrogen) atoms. The molecule has 0 aliphatic heterocycles. The second kappa shape index (κ2) is 6.67.